The van der Waals surface area contributed by atoms with E-state index in [1.54, 1.807) is 0 Å². The maximum absolute atomic E-state index is 2.44. The van der Waals surface area contributed by atoms with E-state index in [4.69, 9.17) is 0 Å². The number of allylic oxidation sites excluding steroid dienone is 2. The lowest BCUT2D eigenvalue weighted by Crippen LogP contribution is -2.28. The normalized spacial score (nSPS) is 16.2. The van der Waals surface area contributed by atoms with Crippen LogP contribution in [0.4, 0.5) is 22.7 Å². The first-order chi connectivity index (χ1) is 18.3. The first-order valence-electron chi connectivity index (χ1n) is 14.1. The van der Waals surface area contributed by atoms with E-state index in [9.17, 15) is 0 Å². The number of aryl methyl sites for hydroxylation is 1. The Kier molecular flexibility index (Phi) is 6.78. The average Bonchev–Trinajstić information content (AvgIpc) is 3.48. The molecule has 2 aliphatic heterocycles. The van der Waals surface area contributed by atoms with E-state index in [2.05, 4.69) is 161 Å². The van der Waals surface area contributed by atoms with E-state index in [-0.39, 0.29) is 10.8 Å². The number of anilines is 4. The number of hydrogen-bond acceptors (Lipinski definition) is 4. The number of benzene rings is 3. The quantitative estimate of drug-likeness (QED) is 0.340. The van der Waals surface area contributed by atoms with Crippen LogP contribution < -0.4 is 19.6 Å². The van der Waals surface area contributed by atoms with Gasteiger partial charge in [-0.05, 0) is 90.8 Å². The average molecular weight is 521 g/mol. The van der Waals surface area contributed by atoms with Crippen LogP contribution in [0.3, 0.4) is 0 Å². The van der Waals surface area contributed by atoms with Gasteiger partial charge in [0.15, 0.2) is 0 Å². The molecule has 0 saturated carbocycles. The maximum Gasteiger partial charge on any atom is 0.0994 e. The van der Waals surface area contributed by atoms with Gasteiger partial charge in [-0.15, -0.1) is 0 Å². The Labute approximate surface area is 235 Å². The maximum atomic E-state index is 2.44. The van der Waals surface area contributed by atoms with Crippen molar-refractivity contribution in [2.75, 3.05) is 32.9 Å². The van der Waals surface area contributed by atoms with Crippen molar-refractivity contribution in [3.05, 3.63) is 107 Å². The van der Waals surface area contributed by atoms with Crippen LogP contribution >= 0.6 is 0 Å². The molecule has 39 heavy (non-hydrogen) atoms. The Bertz CT molecular complexity index is 1400. The first kappa shape index (κ1) is 26.9. The van der Waals surface area contributed by atoms with Gasteiger partial charge in [-0.25, -0.2) is 0 Å². The Morgan fingerprint density at radius 2 is 0.923 bits per heavy atom. The van der Waals surface area contributed by atoms with E-state index in [1.807, 2.05) is 0 Å². The first-order valence-corrected chi connectivity index (χ1v) is 14.1. The van der Waals surface area contributed by atoms with Crippen molar-refractivity contribution in [3.8, 4) is 0 Å². The third-order valence-corrected chi connectivity index (χ3v) is 8.15. The molecule has 0 unspecified atom stereocenters. The summed E-state index contributed by atoms with van der Waals surface area (Å²) in [6.07, 6.45) is 4.37. The molecule has 0 atom stereocenters. The van der Waals surface area contributed by atoms with Crippen molar-refractivity contribution >= 4 is 22.7 Å². The molecule has 4 nitrogen and oxygen atoms in total. The number of rotatable bonds is 4. The highest BCUT2D eigenvalue weighted by molar-refractivity contribution is 5.70. The zero-order valence-corrected chi connectivity index (χ0v) is 25.2. The standard InChI is InChI=1S/C35H44N4/c1-25-20-32(37-19-18-36(23-37)30-14-10-28(11-15-30)34(4,5)6)22-33(21-25)39-24-38(26(2)27(39)3)31-16-12-29(13-17-31)35(7,8)9/h10-22H,23-24H2,1-9H3. The molecule has 0 aromatic heterocycles. The highest BCUT2D eigenvalue weighted by Gasteiger charge is 2.27. The van der Waals surface area contributed by atoms with Crippen molar-refractivity contribution in [1.82, 2.24) is 0 Å². The van der Waals surface area contributed by atoms with E-state index in [0.29, 0.717) is 0 Å². The molecule has 0 bridgehead atoms. The number of nitrogens with zero attached hydrogens (tertiary/aromatic N) is 4. The molecule has 0 radical (unpaired) electrons. The lowest BCUT2D eigenvalue weighted by atomic mass is 9.87. The van der Waals surface area contributed by atoms with Gasteiger partial charge < -0.3 is 19.6 Å². The van der Waals surface area contributed by atoms with E-state index < -0.39 is 0 Å². The summed E-state index contributed by atoms with van der Waals surface area (Å²) in [7, 11) is 0. The summed E-state index contributed by atoms with van der Waals surface area (Å²) in [5, 5.41) is 0. The predicted molar refractivity (Wildman–Crippen MR) is 169 cm³/mol. The van der Waals surface area contributed by atoms with Crippen molar-refractivity contribution in [2.24, 2.45) is 0 Å². The van der Waals surface area contributed by atoms with Crippen LogP contribution in [0.1, 0.15) is 72.1 Å². The molecule has 0 amide bonds. The van der Waals surface area contributed by atoms with Gasteiger partial charge >= 0.3 is 0 Å². The minimum Gasteiger partial charge on any atom is -0.328 e. The van der Waals surface area contributed by atoms with Crippen LogP contribution in [0.15, 0.2) is 90.5 Å². The van der Waals surface area contributed by atoms with Crippen LogP contribution in [0.25, 0.3) is 0 Å². The van der Waals surface area contributed by atoms with E-state index in [1.165, 1.54) is 50.8 Å². The molecular formula is C35H44N4. The molecule has 2 heterocycles. The topological polar surface area (TPSA) is 13.0 Å². The third-order valence-electron chi connectivity index (χ3n) is 8.15. The van der Waals surface area contributed by atoms with Crippen molar-refractivity contribution < 1.29 is 0 Å². The minimum absolute atomic E-state index is 0.157. The summed E-state index contributed by atoms with van der Waals surface area (Å²) >= 11 is 0. The van der Waals surface area contributed by atoms with Crippen molar-refractivity contribution in [1.29, 1.82) is 0 Å². The third kappa shape index (κ3) is 5.43. The Hall–Kier alpha value is -3.66. The lowest BCUT2D eigenvalue weighted by Gasteiger charge is -2.27. The predicted octanol–water partition coefficient (Wildman–Crippen LogP) is 8.88. The Morgan fingerprint density at radius 3 is 1.44 bits per heavy atom. The molecule has 0 saturated heterocycles. The molecule has 3 aromatic rings. The Morgan fingerprint density at radius 1 is 0.487 bits per heavy atom. The second-order valence-electron chi connectivity index (χ2n) is 13.2. The van der Waals surface area contributed by atoms with Gasteiger partial charge in [-0.3, -0.25) is 0 Å². The van der Waals surface area contributed by atoms with Gasteiger partial charge in [-0.2, -0.15) is 0 Å². The molecule has 0 fully saturated rings. The van der Waals surface area contributed by atoms with Gasteiger partial charge in [0.25, 0.3) is 0 Å². The van der Waals surface area contributed by atoms with Crippen LogP contribution in [0.2, 0.25) is 0 Å². The summed E-state index contributed by atoms with van der Waals surface area (Å²) in [5.41, 5.74) is 11.8. The zero-order chi connectivity index (χ0) is 28.1. The molecular weight excluding hydrogens is 476 g/mol. The fourth-order valence-corrected chi connectivity index (χ4v) is 5.41. The van der Waals surface area contributed by atoms with Crippen LogP contribution in [0, 0.1) is 6.92 Å². The summed E-state index contributed by atoms with van der Waals surface area (Å²) in [6, 6.07) is 25.0. The molecule has 0 spiro atoms. The van der Waals surface area contributed by atoms with Crippen LogP contribution in [-0.2, 0) is 10.8 Å². The zero-order valence-electron chi connectivity index (χ0n) is 25.2. The number of hydrogen-bond donors (Lipinski definition) is 0. The van der Waals surface area contributed by atoms with Gasteiger partial charge in [0.05, 0.1) is 13.3 Å². The van der Waals surface area contributed by atoms with Crippen LogP contribution in [-0.4, -0.2) is 13.3 Å². The molecule has 4 heteroatoms. The highest BCUT2D eigenvalue weighted by atomic mass is 15.4. The molecule has 0 N–H and O–H groups in total. The molecule has 3 aromatic carbocycles. The van der Waals surface area contributed by atoms with Crippen molar-refractivity contribution in [3.63, 3.8) is 0 Å². The molecule has 2 aliphatic rings. The van der Waals surface area contributed by atoms with Gasteiger partial charge in [0.2, 0.25) is 0 Å². The summed E-state index contributed by atoms with van der Waals surface area (Å²) in [4.78, 5) is 9.50. The molecule has 204 valence electrons. The fraction of sp³-hybridized carbons (Fsp3) is 0.371. The minimum atomic E-state index is 0.157. The van der Waals surface area contributed by atoms with Crippen LogP contribution in [0.5, 0.6) is 0 Å². The monoisotopic (exact) mass is 520 g/mol. The largest absolute Gasteiger partial charge is 0.328 e. The second kappa shape index (κ2) is 9.82. The second-order valence-corrected chi connectivity index (χ2v) is 13.2. The summed E-state index contributed by atoms with van der Waals surface area (Å²) < 4.78 is 0. The van der Waals surface area contributed by atoms with E-state index in [0.717, 1.165) is 13.3 Å². The molecule has 5 rings (SSSR count). The SMILES string of the molecule is CC1=C(C)N(c2cc(C)cc(N3C=CN(c4ccc(C(C)(C)C)cc4)C3)c2)CN1c1ccc(C(C)(C)C)cc1. The Balaban J connectivity index is 1.34. The molecule has 0 aliphatic carbocycles. The smallest absolute Gasteiger partial charge is 0.0994 e. The van der Waals surface area contributed by atoms with Crippen molar-refractivity contribution in [2.45, 2.75) is 73.1 Å². The van der Waals surface area contributed by atoms with Gasteiger partial charge in [0.1, 0.15) is 0 Å². The summed E-state index contributed by atoms with van der Waals surface area (Å²) in [5.74, 6) is 0. The van der Waals surface area contributed by atoms with Gasteiger partial charge in [0, 0.05) is 46.5 Å². The van der Waals surface area contributed by atoms with Gasteiger partial charge in [-0.1, -0.05) is 65.8 Å². The summed E-state index contributed by atoms with van der Waals surface area (Å²) in [6.45, 7) is 21.9. The fourth-order valence-electron chi connectivity index (χ4n) is 5.41. The van der Waals surface area contributed by atoms with E-state index >= 15 is 0 Å². The highest BCUT2D eigenvalue weighted by Crippen LogP contribution is 2.37. The lowest BCUT2D eigenvalue weighted by molar-refractivity contribution is 0.590.